The average molecular weight is 582 g/mol. The summed E-state index contributed by atoms with van der Waals surface area (Å²) in [6, 6.07) is 20.7. The molecule has 0 spiro atoms. The van der Waals surface area contributed by atoms with Crippen LogP contribution < -0.4 is 10.2 Å². The van der Waals surface area contributed by atoms with E-state index in [9.17, 15) is 27.3 Å². The Labute approximate surface area is 236 Å². The molecule has 0 saturated heterocycles. The summed E-state index contributed by atoms with van der Waals surface area (Å²) in [5.41, 5.74) is 4.59. The Kier molecular flexibility index (Phi) is 7.52. The fourth-order valence-corrected chi connectivity index (χ4v) is 4.78. The molecule has 1 aromatic heterocycles. The number of aromatic nitrogens is 3. The summed E-state index contributed by atoms with van der Waals surface area (Å²) >= 11 is 0. The number of hydrogen-bond acceptors (Lipinski definition) is 7. The van der Waals surface area contributed by atoms with Gasteiger partial charge < -0.3 is 15.3 Å². The third-order valence-corrected chi connectivity index (χ3v) is 8.38. The van der Waals surface area contributed by atoms with Gasteiger partial charge in [-0.2, -0.15) is 28.1 Å². The Morgan fingerprint density at radius 3 is 2.12 bits per heavy atom. The van der Waals surface area contributed by atoms with Crippen molar-refractivity contribution >= 4 is 28.7 Å². The maximum atomic E-state index is 13.0. The van der Waals surface area contributed by atoms with Crippen LogP contribution in [-0.4, -0.2) is 47.9 Å². The van der Waals surface area contributed by atoms with Gasteiger partial charge in [-0.1, -0.05) is 54.6 Å². The zero-order chi connectivity index (χ0) is 29.4. The molecule has 3 aromatic rings. The van der Waals surface area contributed by atoms with E-state index >= 15 is 0 Å². The molecule has 2 N–H and O–H groups in total. The SMILES string of the molecule is C[S@@](=O)C(C)(Nc1nc(-c2ccc(C(F)(F)F)cc2)nc(N2CCc3ccccc3C2)n1)C(=O)O.c1cc2cc-2c1. The first kappa shape index (κ1) is 28.2. The molecule has 41 heavy (non-hydrogen) atoms. The van der Waals surface area contributed by atoms with Crippen molar-refractivity contribution in [3.8, 4) is 22.5 Å². The van der Waals surface area contributed by atoms with Gasteiger partial charge in [0.1, 0.15) is 0 Å². The van der Waals surface area contributed by atoms with E-state index in [-0.39, 0.29) is 23.3 Å². The summed E-state index contributed by atoms with van der Waals surface area (Å²) < 4.78 is 51.2. The second kappa shape index (κ2) is 10.9. The van der Waals surface area contributed by atoms with Crippen LogP contribution >= 0.6 is 0 Å². The number of carbonyl (C=O) groups is 1. The Morgan fingerprint density at radius 2 is 1.59 bits per heavy atom. The van der Waals surface area contributed by atoms with Crippen LogP contribution in [0.4, 0.5) is 25.1 Å². The van der Waals surface area contributed by atoms with Crippen molar-refractivity contribution in [3.05, 3.63) is 89.5 Å². The zero-order valence-corrected chi connectivity index (χ0v) is 23.0. The van der Waals surface area contributed by atoms with Crippen LogP contribution in [0, 0.1) is 0 Å². The first-order valence-electron chi connectivity index (χ1n) is 12.6. The number of alkyl halides is 3. The number of rotatable bonds is 6. The molecule has 2 atom stereocenters. The molecule has 0 radical (unpaired) electrons. The van der Waals surface area contributed by atoms with E-state index in [2.05, 4.69) is 44.5 Å². The fourth-order valence-electron chi connectivity index (χ4n) is 4.30. The molecular formula is C29H26F3N5O3S. The lowest BCUT2D eigenvalue weighted by molar-refractivity contribution is -0.139. The molecular weight excluding hydrogens is 555 g/mol. The number of carboxylic acids is 1. The Morgan fingerprint density at radius 1 is 0.927 bits per heavy atom. The van der Waals surface area contributed by atoms with Gasteiger partial charge in [0, 0.05) is 24.9 Å². The van der Waals surface area contributed by atoms with Gasteiger partial charge in [0.25, 0.3) is 0 Å². The summed E-state index contributed by atoms with van der Waals surface area (Å²) in [6.07, 6.45) is -2.53. The first-order chi connectivity index (χ1) is 19.4. The number of benzene rings is 3. The van der Waals surface area contributed by atoms with Crippen molar-refractivity contribution in [2.45, 2.75) is 30.9 Å². The van der Waals surface area contributed by atoms with Crippen molar-refractivity contribution in [2.75, 3.05) is 23.0 Å². The fraction of sp³-hybridized carbons (Fsp3) is 0.241. The minimum atomic E-state index is -4.49. The van der Waals surface area contributed by atoms with E-state index in [0.29, 0.717) is 13.1 Å². The van der Waals surface area contributed by atoms with Crippen LogP contribution in [0.5, 0.6) is 0 Å². The molecule has 6 rings (SSSR count). The quantitative estimate of drug-likeness (QED) is 0.275. The lowest BCUT2D eigenvalue weighted by Gasteiger charge is -2.30. The lowest BCUT2D eigenvalue weighted by atomic mass is 10.0. The van der Waals surface area contributed by atoms with Gasteiger partial charge in [-0.05, 0) is 53.8 Å². The highest BCUT2D eigenvalue weighted by Crippen LogP contribution is 2.33. The molecule has 3 aliphatic rings. The molecule has 1 unspecified atom stereocenters. The van der Waals surface area contributed by atoms with Crippen LogP contribution in [0.3, 0.4) is 0 Å². The highest BCUT2D eigenvalue weighted by Gasteiger charge is 2.39. The Hall–Kier alpha value is -4.32. The average Bonchev–Trinajstić information content (AvgIpc) is 3.55. The predicted octanol–water partition coefficient (Wildman–Crippen LogP) is 5.38. The molecule has 2 aromatic carbocycles. The monoisotopic (exact) mass is 581 g/mol. The minimum Gasteiger partial charge on any atom is -0.479 e. The highest BCUT2D eigenvalue weighted by atomic mass is 32.2. The largest absolute Gasteiger partial charge is 0.479 e. The highest BCUT2D eigenvalue weighted by molar-refractivity contribution is 7.86. The van der Waals surface area contributed by atoms with Crippen molar-refractivity contribution in [1.29, 1.82) is 0 Å². The molecule has 12 heteroatoms. The number of carboxylic acid groups (broad SMARTS) is 1. The van der Waals surface area contributed by atoms with E-state index in [1.54, 1.807) is 0 Å². The van der Waals surface area contributed by atoms with Gasteiger partial charge in [-0.3, -0.25) is 4.21 Å². The molecule has 2 heterocycles. The third-order valence-electron chi connectivity index (χ3n) is 6.95. The lowest BCUT2D eigenvalue weighted by Crippen LogP contribution is -2.47. The van der Waals surface area contributed by atoms with Gasteiger partial charge in [-0.15, -0.1) is 0 Å². The van der Waals surface area contributed by atoms with Gasteiger partial charge in [0.05, 0.1) is 16.4 Å². The maximum Gasteiger partial charge on any atom is 0.416 e. The van der Waals surface area contributed by atoms with Gasteiger partial charge >= 0.3 is 12.1 Å². The number of anilines is 2. The standard InChI is InChI=1S/C23H22F3N5O3S.C6H4/c1-22(19(32)33,35(2)34)30-20-27-18(15-7-9-17(10-8-15)23(24,25)26)28-21(29-20)31-12-11-14-5-3-4-6-16(14)13-31;1-2-5-4-6(5)3-1/h3-10H,11-13H2,1-2H3,(H,32,33)(H,27,28,29,30);1-4H/t22?,35-;/m1./s1. The molecule has 0 fully saturated rings. The summed E-state index contributed by atoms with van der Waals surface area (Å²) in [4.78, 5) is 24.9. The van der Waals surface area contributed by atoms with Crippen LogP contribution in [0.1, 0.15) is 23.6 Å². The number of nitrogens with one attached hydrogen (secondary N) is 1. The second-order valence-corrected chi connectivity index (χ2v) is 11.5. The topological polar surface area (TPSA) is 108 Å². The number of nitrogens with zero attached hydrogens (tertiary/aromatic N) is 4. The van der Waals surface area contributed by atoms with Crippen LogP contribution in [0.15, 0.2) is 72.8 Å². The van der Waals surface area contributed by atoms with Gasteiger partial charge in [0.2, 0.25) is 16.8 Å². The smallest absolute Gasteiger partial charge is 0.416 e. The van der Waals surface area contributed by atoms with Crippen molar-refractivity contribution in [2.24, 2.45) is 0 Å². The van der Waals surface area contributed by atoms with Crippen LogP contribution in [0.25, 0.3) is 22.5 Å². The molecule has 1 aliphatic heterocycles. The van der Waals surface area contributed by atoms with Gasteiger partial charge in [0.15, 0.2) is 5.82 Å². The number of aliphatic carboxylic acids is 1. The molecule has 8 nitrogen and oxygen atoms in total. The molecule has 0 amide bonds. The molecule has 2 aliphatic carbocycles. The predicted molar refractivity (Wildman–Crippen MR) is 151 cm³/mol. The molecule has 0 bridgehead atoms. The van der Waals surface area contributed by atoms with Crippen LogP contribution in [-0.2, 0) is 34.7 Å². The van der Waals surface area contributed by atoms with Crippen LogP contribution in [0.2, 0.25) is 0 Å². The van der Waals surface area contributed by atoms with Crippen molar-refractivity contribution in [3.63, 3.8) is 0 Å². The van der Waals surface area contributed by atoms with E-state index in [1.165, 1.54) is 42.0 Å². The van der Waals surface area contributed by atoms with E-state index in [0.717, 1.165) is 24.1 Å². The Bertz CT molecular complexity index is 1600. The van der Waals surface area contributed by atoms with Crippen molar-refractivity contribution in [1.82, 2.24) is 15.0 Å². The Balaban J connectivity index is 0.000000490. The number of fused-ring (bicyclic) bond motifs is 2. The van der Waals surface area contributed by atoms with E-state index in [4.69, 9.17) is 0 Å². The second-order valence-electron chi connectivity index (χ2n) is 9.80. The summed E-state index contributed by atoms with van der Waals surface area (Å²) in [7, 11) is -1.85. The molecule has 0 saturated carbocycles. The number of hydrogen-bond donors (Lipinski definition) is 2. The first-order valence-corrected chi connectivity index (χ1v) is 14.2. The van der Waals surface area contributed by atoms with E-state index in [1.807, 2.05) is 29.2 Å². The summed E-state index contributed by atoms with van der Waals surface area (Å²) in [5, 5.41) is 12.3. The summed E-state index contributed by atoms with van der Waals surface area (Å²) in [6.45, 7) is 2.30. The minimum absolute atomic E-state index is 0.0553. The normalized spacial score (nSPS) is 15.5. The molecule has 212 valence electrons. The van der Waals surface area contributed by atoms with Gasteiger partial charge in [-0.25, -0.2) is 4.79 Å². The van der Waals surface area contributed by atoms with Crippen molar-refractivity contribution < 1.29 is 27.3 Å². The summed E-state index contributed by atoms with van der Waals surface area (Å²) in [5.74, 6) is -1.24. The zero-order valence-electron chi connectivity index (χ0n) is 22.1. The number of halogens is 3. The van der Waals surface area contributed by atoms with E-state index < -0.39 is 33.4 Å². The maximum absolute atomic E-state index is 13.0. The third kappa shape index (κ3) is 6.22.